The first-order valence-corrected chi connectivity index (χ1v) is 9.28. The van der Waals surface area contributed by atoms with E-state index >= 15 is 0 Å². The lowest BCUT2D eigenvalue weighted by Crippen LogP contribution is -2.30. The molecule has 0 atom stereocenters. The normalized spacial score (nSPS) is 10.4. The number of rotatable bonds is 7. The summed E-state index contributed by atoms with van der Waals surface area (Å²) < 4.78 is 5.27. The van der Waals surface area contributed by atoms with Crippen molar-refractivity contribution in [3.05, 3.63) is 78.8 Å². The van der Waals surface area contributed by atoms with Gasteiger partial charge in [0.15, 0.2) is 0 Å². The maximum atomic E-state index is 12.1. The molecule has 0 aliphatic heterocycles. The second kappa shape index (κ2) is 8.99. The van der Waals surface area contributed by atoms with Gasteiger partial charge in [0.05, 0.1) is 17.7 Å². The zero-order valence-electron chi connectivity index (χ0n) is 13.8. The van der Waals surface area contributed by atoms with Gasteiger partial charge in [-0.05, 0) is 23.8 Å². The molecular formula is C20H20N2O2S. The van der Waals surface area contributed by atoms with Crippen molar-refractivity contribution >= 4 is 23.5 Å². The summed E-state index contributed by atoms with van der Waals surface area (Å²) in [6.45, 7) is 0.602. The van der Waals surface area contributed by atoms with E-state index in [-0.39, 0.29) is 6.03 Å². The van der Waals surface area contributed by atoms with Crippen LogP contribution in [0.3, 0.4) is 0 Å². The van der Waals surface area contributed by atoms with E-state index in [1.807, 2.05) is 66.7 Å². The highest BCUT2D eigenvalue weighted by Crippen LogP contribution is 2.27. The van der Waals surface area contributed by atoms with E-state index < -0.39 is 0 Å². The molecule has 2 aromatic carbocycles. The number of carbonyl (C=O) groups excluding carboxylic acids is 1. The average molecular weight is 352 g/mol. The van der Waals surface area contributed by atoms with Gasteiger partial charge in [-0.3, -0.25) is 0 Å². The predicted octanol–water partition coefficient (Wildman–Crippen LogP) is 5.00. The maximum Gasteiger partial charge on any atom is 0.319 e. The Bertz CT molecular complexity index is 788. The Kier molecular flexibility index (Phi) is 6.17. The Hall–Kier alpha value is -2.66. The fraction of sp³-hybridized carbons (Fsp3) is 0.150. The van der Waals surface area contributed by atoms with Crippen LogP contribution >= 0.6 is 11.8 Å². The van der Waals surface area contributed by atoms with Gasteiger partial charge in [-0.1, -0.05) is 48.5 Å². The Morgan fingerprint density at radius 2 is 1.76 bits per heavy atom. The fourth-order valence-electron chi connectivity index (χ4n) is 2.43. The predicted molar refractivity (Wildman–Crippen MR) is 104 cm³/mol. The molecule has 1 aromatic heterocycles. The number of hydrogen-bond acceptors (Lipinski definition) is 3. The zero-order valence-corrected chi connectivity index (χ0v) is 14.6. The van der Waals surface area contributed by atoms with Gasteiger partial charge in [0.2, 0.25) is 0 Å². The zero-order chi connectivity index (χ0) is 17.3. The van der Waals surface area contributed by atoms with Gasteiger partial charge in [0.1, 0.15) is 5.76 Å². The summed E-state index contributed by atoms with van der Waals surface area (Å²) in [4.78, 5) is 12.1. The lowest BCUT2D eigenvalue weighted by atomic mass is 10.0. The second-order valence-electron chi connectivity index (χ2n) is 5.42. The molecule has 3 rings (SSSR count). The minimum absolute atomic E-state index is 0.193. The fourth-order valence-corrected chi connectivity index (χ4v) is 3.19. The number of thioether (sulfide) groups is 1. The minimum Gasteiger partial charge on any atom is -0.468 e. The molecule has 0 aliphatic carbocycles. The van der Waals surface area contributed by atoms with E-state index in [1.54, 1.807) is 18.0 Å². The monoisotopic (exact) mass is 352 g/mol. The number of urea groups is 1. The van der Waals surface area contributed by atoms with Crippen LogP contribution in [0.5, 0.6) is 0 Å². The van der Waals surface area contributed by atoms with E-state index in [0.717, 1.165) is 34.1 Å². The third-order valence-corrected chi connectivity index (χ3v) is 4.60. The molecule has 0 unspecified atom stereocenters. The number of para-hydroxylation sites is 1. The average Bonchev–Trinajstić information content (AvgIpc) is 3.16. The Labute approximate surface area is 151 Å². The van der Waals surface area contributed by atoms with Crippen LogP contribution in [0.25, 0.3) is 11.1 Å². The molecule has 0 fully saturated rings. The molecule has 3 aromatic rings. The van der Waals surface area contributed by atoms with Crippen LogP contribution in [0.4, 0.5) is 10.5 Å². The largest absolute Gasteiger partial charge is 0.468 e. The highest BCUT2D eigenvalue weighted by Gasteiger charge is 2.07. The van der Waals surface area contributed by atoms with Crippen molar-refractivity contribution in [3.8, 4) is 11.1 Å². The van der Waals surface area contributed by atoms with E-state index in [9.17, 15) is 4.79 Å². The van der Waals surface area contributed by atoms with Crippen LogP contribution in [-0.4, -0.2) is 18.3 Å². The first-order valence-electron chi connectivity index (χ1n) is 8.12. The quantitative estimate of drug-likeness (QED) is 0.588. The van der Waals surface area contributed by atoms with Gasteiger partial charge in [-0.25, -0.2) is 4.79 Å². The van der Waals surface area contributed by atoms with Crippen molar-refractivity contribution in [3.63, 3.8) is 0 Å². The molecule has 2 amide bonds. The van der Waals surface area contributed by atoms with Gasteiger partial charge in [-0.2, -0.15) is 11.8 Å². The van der Waals surface area contributed by atoms with Crippen LogP contribution in [0.15, 0.2) is 77.4 Å². The van der Waals surface area contributed by atoms with E-state index in [4.69, 9.17) is 4.42 Å². The van der Waals surface area contributed by atoms with E-state index in [0.29, 0.717) is 6.54 Å². The van der Waals surface area contributed by atoms with Crippen molar-refractivity contribution in [1.29, 1.82) is 0 Å². The Balaban J connectivity index is 1.48. The van der Waals surface area contributed by atoms with Crippen LogP contribution < -0.4 is 10.6 Å². The number of amides is 2. The topological polar surface area (TPSA) is 54.3 Å². The van der Waals surface area contributed by atoms with Gasteiger partial charge in [0, 0.05) is 17.9 Å². The van der Waals surface area contributed by atoms with E-state index in [2.05, 4.69) is 10.6 Å². The number of carbonyl (C=O) groups is 1. The molecule has 0 spiro atoms. The molecule has 0 saturated carbocycles. The van der Waals surface area contributed by atoms with Gasteiger partial charge < -0.3 is 15.1 Å². The van der Waals surface area contributed by atoms with Crippen LogP contribution in [0, 0.1) is 0 Å². The Morgan fingerprint density at radius 3 is 2.56 bits per heavy atom. The molecule has 0 radical (unpaired) electrons. The summed E-state index contributed by atoms with van der Waals surface area (Å²) >= 11 is 1.72. The van der Waals surface area contributed by atoms with Crippen molar-refractivity contribution in [1.82, 2.24) is 5.32 Å². The summed E-state index contributed by atoms with van der Waals surface area (Å²) in [5.41, 5.74) is 2.88. The lowest BCUT2D eigenvalue weighted by molar-refractivity contribution is 0.252. The smallest absolute Gasteiger partial charge is 0.319 e. The molecule has 2 N–H and O–H groups in total. The molecular weight excluding hydrogens is 332 g/mol. The number of anilines is 1. The Morgan fingerprint density at radius 1 is 0.960 bits per heavy atom. The standard InChI is InChI=1S/C20H20N2O2S/c23-20(21-12-14-25-15-17-9-6-13-24-17)22-19-11-5-4-10-18(19)16-7-2-1-3-8-16/h1-11,13H,12,14-15H2,(H2,21,22,23). The highest BCUT2D eigenvalue weighted by molar-refractivity contribution is 7.98. The molecule has 5 heteroatoms. The molecule has 4 nitrogen and oxygen atoms in total. The first-order chi connectivity index (χ1) is 12.3. The summed E-state index contributed by atoms with van der Waals surface area (Å²) in [6.07, 6.45) is 1.67. The van der Waals surface area contributed by atoms with Crippen molar-refractivity contribution < 1.29 is 9.21 Å². The molecule has 25 heavy (non-hydrogen) atoms. The van der Waals surface area contributed by atoms with Crippen LogP contribution in [0.2, 0.25) is 0 Å². The second-order valence-corrected chi connectivity index (χ2v) is 6.53. The van der Waals surface area contributed by atoms with Gasteiger partial charge >= 0.3 is 6.03 Å². The van der Waals surface area contributed by atoms with Crippen LogP contribution in [0.1, 0.15) is 5.76 Å². The summed E-state index contributed by atoms with van der Waals surface area (Å²) in [5.74, 6) is 2.59. The lowest BCUT2D eigenvalue weighted by Gasteiger charge is -2.12. The molecule has 0 aliphatic rings. The third kappa shape index (κ3) is 5.16. The van der Waals surface area contributed by atoms with Crippen LogP contribution in [-0.2, 0) is 5.75 Å². The first kappa shape index (κ1) is 17.2. The molecule has 1 heterocycles. The third-order valence-electron chi connectivity index (χ3n) is 3.62. The summed E-state index contributed by atoms with van der Waals surface area (Å²) in [6, 6.07) is 21.5. The summed E-state index contributed by atoms with van der Waals surface area (Å²) in [7, 11) is 0. The number of nitrogens with one attached hydrogen (secondary N) is 2. The van der Waals surface area contributed by atoms with E-state index in [1.165, 1.54) is 0 Å². The van der Waals surface area contributed by atoms with Crippen molar-refractivity contribution in [2.75, 3.05) is 17.6 Å². The molecule has 0 bridgehead atoms. The molecule has 0 saturated heterocycles. The number of furan rings is 1. The van der Waals surface area contributed by atoms with Gasteiger partial charge in [0.25, 0.3) is 0 Å². The molecule has 128 valence electrons. The number of hydrogen-bond donors (Lipinski definition) is 2. The SMILES string of the molecule is O=C(NCCSCc1ccco1)Nc1ccccc1-c1ccccc1. The van der Waals surface area contributed by atoms with Crippen molar-refractivity contribution in [2.24, 2.45) is 0 Å². The van der Waals surface area contributed by atoms with Gasteiger partial charge in [-0.15, -0.1) is 0 Å². The maximum absolute atomic E-state index is 12.1. The highest BCUT2D eigenvalue weighted by atomic mass is 32.2. The number of benzene rings is 2. The van der Waals surface area contributed by atoms with Crippen molar-refractivity contribution in [2.45, 2.75) is 5.75 Å². The summed E-state index contributed by atoms with van der Waals surface area (Å²) in [5, 5.41) is 5.82. The minimum atomic E-state index is -0.193.